The Kier molecular flexibility index (Phi) is 11.3. The number of rotatable bonds is 2. The number of aromatic hydroxyl groups is 2. The molecule has 0 unspecified atom stereocenters. The molecule has 0 heterocycles. The van der Waals surface area contributed by atoms with Gasteiger partial charge >= 0.3 is 57.1 Å². The van der Waals surface area contributed by atoms with Crippen LogP contribution < -0.4 is 0 Å². The van der Waals surface area contributed by atoms with Crippen LogP contribution in [0.5, 0.6) is 11.5 Å². The van der Waals surface area contributed by atoms with Gasteiger partial charge in [0.2, 0.25) is 0 Å². The molecule has 0 spiro atoms. The summed E-state index contributed by atoms with van der Waals surface area (Å²) in [5.41, 5.74) is 7.06. The van der Waals surface area contributed by atoms with Crippen LogP contribution in [0.15, 0.2) is 12.1 Å². The maximum atomic E-state index is 11.2. The first-order chi connectivity index (χ1) is 20.0. The fourth-order valence-corrected chi connectivity index (χ4v) is 11.5. The van der Waals surface area contributed by atoms with Crippen LogP contribution in [0.2, 0.25) is 25.7 Å². The molecular formula is C39H61MoO3Si. The van der Waals surface area contributed by atoms with Crippen molar-refractivity contribution in [1.82, 2.24) is 0 Å². The average molecular weight is 702 g/mol. The zero-order valence-corrected chi connectivity index (χ0v) is 33.1. The van der Waals surface area contributed by atoms with Gasteiger partial charge in [-0.1, -0.05) is 53.7 Å². The van der Waals surface area contributed by atoms with Crippen LogP contribution in [-0.4, -0.2) is 29.0 Å². The predicted octanol–water partition coefficient (Wildman–Crippen LogP) is 10.4. The first-order valence-corrected chi connectivity index (χ1v) is 21.4. The van der Waals surface area contributed by atoms with Gasteiger partial charge in [0.25, 0.3) is 0 Å². The van der Waals surface area contributed by atoms with E-state index < -0.39 is 8.07 Å². The number of hydrogen-bond acceptors (Lipinski definition) is 3. The van der Waals surface area contributed by atoms with E-state index in [1.807, 2.05) is 33.0 Å². The van der Waals surface area contributed by atoms with Gasteiger partial charge in [0.1, 0.15) is 11.5 Å². The van der Waals surface area contributed by atoms with Crippen molar-refractivity contribution >= 4 is 8.07 Å². The van der Waals surface area contributed by atoms with Crippen LogP contribution in [0.1, 0.15) is 113 Å². The van der Waals surface area contributed by atoms with E-state index in [1.54, 1.807) is 0 Å². The van der Waals surface area contributed by atoms with Crippen molar-refractivity contribution in [2.45, 2.75) is 150 Å². The molecule has 0 saturated heterocycles. The number of phenolic OH excluding ortho intramolecular Hbond substituents is 2. The standard InChI is InChI=1S/C24H34O2.C10H16O.C5H11Si.Mo/c1-13-11-17(23(5,6)7)21(25)19(15(13)3)20-16(4)14(2)12-18(22(20)26)24(8,9)10;11-10-4-7-1-8(5-10)3-9(2-7)6-10;1-5-6(2,3)4;/h11-12,25-26H,1-10H3;7-9,11H,1-6H2;5H2,2-4H3;. The Labute approximate surface area is 281 Å². The molecule has 4 bridgehead atoms. The number of aryl methyl sites for hydroxylation is 2. The van der Waals surface area contributed by atoms with Gasteiger partial charge in [-0.25, -0.2) is 0 Å². The summed E-state index contributed by atoms with van der Waals surface area (Å²) in [4.78, 5) is 0. The first kappa shape index (κ1) is 37.1. The van der Waals surface area contributed by atoms with Gasteiger partial charge in [0, 0.05) is 22.3 Å². The van der Waals surface area contributed by atoms with Crippen molar-refractivity contribution in [2.75, 3.05) is 0 Å². The van der Waals surface area contributed by atoms with E-state index in [0.29, 0.717) is 0 Å². The smallest absolute Gasteiger partial charge is 0.127 e. The van der Waals surface area contributed by atoms with Crippen LogP contribution in [0, 0.1) is 49.7 Å². The molecule has 0 atom stereocenters. The fourth-order valence-electron chi connectivity index (χ4n) is 7.84. The molecule has 3 N–H and O–H groups in total. The predicted molar refractivity (Wildman–Crippen MR) is 187 cm³/mol. The zero-order valence-electron chi connectivity index (χ0n) is 30.1. The molecule has 2 aromatic carbocycles. The molecule has 6 rings (SSSR count). The molecule has 4 saturated carbocycles. The number of phenols is 2. The normalized spacial score (nSPS) is 24.2. The summed E-state index contributed by atoms with van der Waals surface area (Å²) in [6.45, 7) is 27.8. The minimum atomic E-state index is -0.766. The minimum absolute atomic E-state index is 0.183. The maximum Gasteiger partial charge on any atom is 0.127 e. The van der Waals surface area contributed by atoms with Gasteiger partial charge in [-0.05, 0) is 117 Å². The Bertz CT molecular complexity index is 1290. The summed E-state index contributed by atoms with van der Waals surface area (Å²) in [5.74, 6) is 3.25. The quantitative estimate of drug-likeness (QED) is 0.273. The number of benzene rings is 2. The molecular weight excluding hydrogens is 640 g/mol. The van der Waals surface area contributed by atoms with Crippen molar-refractivity contribution in [3.63, 3.8) is 0 Å². The first-order valence-electron chi connectivity index (χ1n) is 16.7. The second-order valence-electron chi connectivity index (χ2n) is 17.7. The third-order valence-corrected chi connectivity index (χ3v) is 12.4. The summed E-state index contributed by atoms with van der Waals surface area (Å²) in [6, 6.07) is 5.37. The molecule has 0 amide bonds. The Morgan fingerprint density at radius 2 is 1.05 bits per heavy atom. The van der Waals surface area contributed by atoms with E-state index in [2.05, 4.69) is 91.4 Å². The van der Waals surface area contributed by atoms with Gasteiger partial charge in [0.05, 0.1) is 5.60 Å². The molecule has 44 heavy (non-hydrogen) atoms. The summed E-state index contributed by atoms with van der Waals surface area (Å²) in [5, 5.41) is 32.5. The largest absolute Gasteiger partial charge is 0.507 e. The van der Waals surface area contributed by atoms with Crippen molar-refractivity contribution < 1.29 is 34.5 Å². The van der Waals surface area contributed by atoms with E-state index in [1.165, 1.54) is 25.3 Å². The molecule has 3 nitrogen and oxygen atoms in total. The maximum absolute atomic E-state index is 11.2. The molecule has 4 aliphatic rings. The summed E-state index contributed by atoms with van der Waals surface area (Å²) >= 11 is 1.95. The Balaban J connectivity index is 0.000000236. The average Bonchev–Trinajstić information content (AvgIpc) is 2.83. The van der Waals surface area contributed by atoms with Gasteiger partial charge < -0.3 is 15.3 Å². The summed E-state index contributed by atoms with van der Waals surface area (Å²) in [6.07, 6.45) is 7.66. The van der Waals surface area contributed by atoms with Crippen LogP contribution in [0.25, 0.3) is 11.1 Å². The molecule has 4 fully saturated rings. The fraction of sp³-hybridized carbons (Fsp3) is 0.667. The molecule has 0 aliphatic heterocycles. The number of hydrogen-bond donors (Lipinski definition) is 3. The Morgan fingerprint density at radius 1 is 0.727 bits per heavy atom. The van der Waals surface area contributed by atoms with Crippen molar-refractivity contribution in [2.24, 2.45) is 17.8 Å². The molecule has 5 heteroatoms. The summed E-state index contributed by atoms with van der Waals surface area (Å²) < 4.78 is 3.18. The van der Waals surface area contributed by atoms with Crippen molar-refractivity contribution in [3.8, 4) is 26.8 Å². The van der Waals surface area contributed by atoms with E-state index >= 15 is 0 Å². The van der Waals surface area contributed by atoms with E-state index in [4.69, 9.17) is 0 Å². The monoisotopic (exact) mass is 703 g/mol. The third-order valence-electron chi connectivity index (χ3n) is 10.1. The summed E-state index contributed by atoms with van der Waals surface area (Å²) in [7, 11) is -0.766. The van der Waals surface area contributed by atoms with Gasteiger partial charge in [0.15, 0.2) is 0 Å². The molecule has 0 radical (unpaired) electrons. The van der Waals surface area contributed by atoms with E-state index in [9.17, 15) is 15.3 Å². The SMILES string of the molecule is C[Si](C)(C)C[C]#[Mo].Cc1cc(C(C)(C)C)c(O)c(-c2c(C)c(C)cc(C(C)(C)C)c2O)c1C.OC12CC3CC(CC(C3)C1)C2. The molecule has 2 aromatic rings. The van der Waals surface area contributed by atoms with E-state index in [-0.39, 0.29) is 27.9 Å². The van der Waals surface area contributed by atoms with Crippen molar-refractivity contribution in [3.05, 3.63) is 45.5 Å². The van der Waals surface area contributed by atoms with E-state index in [0.717, 1.165) is 81.5 Å². The van der Waals surface area contributed by atoms with Crippen LogP contribution in [-0.2, 0) is 30.0 Å². The second-order valence-corrected chi connectivity index (χ2v) is 23.9. The van der Waals surface area contributed by atoms with Crippen LogP contribution in [0.4, 0.5) is 0 Å². The Hall–Kier alpha value is -1.31. The Morgan fingerprint density at radius 3 is 1.25 bits per heavy atom. The van der Waals surface area contributed by atoms with Crippen LogP contribution >= 0.6 is 0 Å². The molecule has 4 aliphatic carbocycles. The molecule has 245 valence electrons. The topological polar surface area (TPSA) is 60.7 Å². The second kappa shape index (κ2) is 13.4. The van der Waals surface area contributed by atoms with Gasteiger partial charge in [-0.3, -0.25) is 0 Å². The van der Waals surface area contributed by atoms with Crippen LogP contribution in [0.3, 0.4) is 0 Å². The number of aliphatic hydroxyl groups is 1. The van der Waals surface area contributed by atoms with Gasteiger partial charge in [-0.2, -0.15) is 0 Å². The zero-order chi connectivity index (χ0) is 33.6. The minimum Gasteiger partial charge on any atom is -0.507 e. The van der Waals surface area contributed by atoms with Gasteiger partial charge in [-0.15, -0.1) is 0 Å². The van der Waals surface area contributed by atoms with Crippen molar-refractivity contribution in [1.29, 1.82) is 0 Å². The molecule has 0 aromatic heterocycles. The third kappa shape index (κ3) is 8.73.